The zero-order valence-corrected chi connectivity index (χ0v) is 9.02. The molecule has 0 atom stereocenters. The number of nitrogens with one attached hydrogen (secondary N) is 1. The van der Waals surface area contributed by atoms with Gasteiger partial charge in [0.1, 0.15) is 0 Å². The topological polar surface area (TPSA) is 55.1 Å². The second-order valence-electron chi connectivity index (χ2n) is 2.45. The zero-order chi connectivity index (χ0) is 9.84. The number of halogens is 2. The van der Waals surface area contributed by atoms with E-state index >= 15 is 0 Å². The third-order valence-electron chi connectivity index (χ3n) is 1.39. The molecule has 13 heavy (non-hydrogen) atoms. The Morgan fingerprint density at radius 3 is 2.85 bits per heavy atom. The number of rotatable bonds is 3. The van der Waals surface area contributed by atoms with E-state index in [2.05, 4.69) is 21.2 Å². The van der Waals surface area contributed by atoms with Gasteiger partial charge in [-0.2, -0.15) is 0 Å². The largest absolute Gasteiger partial charge is 0.376 e. The van der Waals surface area contributed by atoms with Gasteiger partial charge < -0.3 is 11.1 Å². The fraction of sp³-hybridized carbons (Fsp3) is 0.125. The van der Waals surface area contributed by atoms with Crippen molar-refractivity contribution in [1.29, 1.82) is 0 Å². The van der Waals surface area contributed by atoms with Crippen molar-refractivity contribution in [2.24, 2.45) is 5.73 Å². The van der Waals surface area contributed by atoms with Crippen molar-refractivity contribution in [3.8, 4) is 0 Å². The molecule has 0 unspecified atom stereocenters. The summed E-state index contributed by atoms with van der Waals surface area (Å²) in [6.45, 7) is 0.119. The second-order valence-corrected chi connectivity index (χ2v) is 3.71. The normalized spacial score (nSPS) is 9.69. The highest BCUT2D eigenvalue weighted by molar-refractivity contribution is 9.10. The van der Waals surface area contributed by atoms with Crippen molar-refractivity contribution in [3.05, 3.63) is 27.7 Å². The fourth-order valence-corrected chi connectivity index (χ4v) is 1.29. The van der Waals surface area contributed by atoms with Crippen LogP contribution < -0.4 is 11.1 Å². The quantitative estimate of drug-likeness (QED) is 0.876. The molecule has 0 fully saturated rings. The molecule has 0 aromatic heterocycles. The van der Waals surface area contributed by atoms with Gasteiger partial charge in [0.2, 0.25) is 5.91 Å². The zero-order valence-electron chi connectivity index (χ0n) is 6.68. The standard InChI is InChI=1S/C8H8BrClN2O/c9-6-3-5(1-2-7(6)10)12-4-8(11)13/h1-3,12H,4H2,(H2,11,13). The molecule has 0 saturated carbocycles. The van der Waals surface area contributed by atoms with Crippen LogP contribution in [0.4, 0.5) is 5.69 Å². The summed E-state index contributed by atoms with van der Waals surface area (Å²) in [5, 5.41) is 3.48. The van der Waals surface area contributed by atoms with Crippen LogP contribution in [0.15, 0.2) is 22.7 Å². The minimum absolute atomic E-state index is 0.119. The summed E-state index contributed by atoms with van der Waals surface area (Å²) in [7, 11) is 0. The minimum atomic E-state index is -0.397. The van der Waals surface area contributed by atoms with Gasteiger partial charge in [0.05, 0.1) is 11.6 Å². The molecule has 5 heteroatoms. The molecular weight excluding hydrogens is 255 g/mol. The van der Waals surface area contributed by atoms with E-state index in [1.165, 1.54) is 0 Å². The van der Waals surface area contributed by atoms with Crippen LogP contribution in [0.2, 0.25) is 5.02 Å². The van der Waals surface area contributed by atoms with Crippen LogP contribution >= 0.6 is 27.5 Å². The van der Waals surface area contributed by atoms with E-state index in [1.807, 2.05) is 0 Å². The van der Waals surface area contributed by atoms with Gasteiger partial charge in [0.15, 0.2) is 0 Å². The molecule has 3 N–H and O–H groups in total. The van der Waals surface area contributed by atoms with Crippen LogP contribution in [0, 0.1) is 0 Å². The lowest BCUT2D eigenvalue weighted by atomic mass is 10.3. The molecule has 0 bridgehead atoms. The van der Waals surface area contributed by atoms with Gasteiger partial charge >= 0.3 is 0 Å². The summed E-state index contributed by atoms with van der Waals surface area (Å²) in [6, 6.07) is 5.29. The van der Waals surface area contributed by atoms with Gasteiger partial charge in [-0.05, 0) is 34.1 Å². The Morgan fingerprint density at radius 2 is 2.31 bits per heavy atom. The number of hydrogen-bond donors (Lipinski definition) is 2. The third-order valence-corrected chi connectivity index (χ3v) is 2.60. The van der Waals surface area contributed by atoms with E-state index in [1.54, 1.807) is 18.2 Å². The van der Waals surface area contributed by atoms with Crippen molar-refractivity contribution in [3.63, 3.8) is 0 Å². The van der Waals surface area contributed by atoms with Gasteiger partial charge in [0, 0.05) is 10.2 Å². The molecule has 1 amide bonds. The molecular formula is C8H8BrClN2O. The SMILES string of the molecule is NC(=O)CNc1ccc(Cl)c(Br)c1. The molecule has 0 radical (unpaired) electrons. The highest BCUT2D eigenvalue weighted by Gasteiger charge is 1.99. The Balaban J connectivity index is 2.68. The maximum Gasteiger partial charge on any atom is 0.236 e. The fourth-order valence-electron chi connectivity index (χ4n) is 0.795. The maximum atomic E-state index is 10.4. The number of anilines is 1. The molecule has 0 aliphatic carbocycles. The number of amides is 1. The van der Waals surface area contributed by atoms with Crippen LogP contribution in [0.25, 0.3) is 0 Å². The van der Waals surface area contributed by atoms with Crippen molar-refractivity contribution in [2.45, 2.75) is 0 Å². The Hall–Kier alpha value is -0.740. The number of carbonyl (C=O) groups excluding carboxylic acids is 1. The maximum absolute atomic E-state index is 10.4. The Labute approximate surface area is 89.4 Å². The molecule has 70 valence electrons. The summed E-state index contributed by atoms with van der Waals surface area (Å²) in [6.07, 6.45) is 0. The highest BCUT2D eigenvalue weighted by Crippen LogP contribution is 2.25. The van der Waals surface area contributed by atoms with Crippen molar-refractivity contribution >= 4 is 39.1 Å². The van der Waals surface area contributed by atoms with Gasteiger partial charge in [-0.3, -0.25) is 4.79 Å². The third kappa shape index (κ3) is 3.24. The first-order valence-corrected chi connectivity index (χ1v) is 4.74. The monoisotopic (exact) mass is 262 g/mol. The molecule has 3 nitrogen and oxygen atoms in total. The van der Waals surface area contributed by atoms with E-state index < -0.39 is 5.91 Å². The molecule has 0 spiro atoms. The predicted octanol–water partition coefficient (Wildman–Crippen LogP) is 2.00. The Kier molecular flexibility index (Phi) is 3.57. The van der Waals surface area contributed by atoms with Gasteiger partial charge in [-0.25, -0.2) is 0 Å². The van der Waals surface area contributed by atoms with Crippen molar-refractivity contribution in [1.82, 2.24) is 0 Å². The number of benzene rings is 1. The first kappa shape index (κ1) is 10.3. The summed E-state index contributed by atoms with van der Waals surface area (Å²) < 4.78 is 0.781. The lowest BCUT2D eigenvalue weighted by Gasteiger charge is -2.04. The van der Waals surface area contributed by atoms with Gasteiger partial charge in [-0.15, -0.1) is 0 Å². The molecule has 0 saturated heterocycles. The first-order valence-electron chi connectivity index (χ1n) is 3.57. The predicted molar refractivity (Wildman–Crippen MR) is 56.8 cm³/mol. The van der Waals surface area contributed by atoms with Crippen LogP contribution in [0.1, 0.15) is 0 Å². The van der Waals surface area contributed by atoms with E-state index in [-0.39, 0.29) is 6.54 Å². The number of primary amides is 1. The lowest BCUT2D eigenvalue weighted by molar-refractivity contribution is -0.116. The van der Waals surface area contributed by atoms with Gasteiger partial charge in [-0.1, -0.05) is 11.6 Å². The Morgan fingerprint density at radius 1 is 1.62 bits per heavy atom. The van der Waals surface area contributed by atoms with E-state index in [4.69, 9.17) is 17.3 Å². The Bertz CT molecular complexity index is 330. The van der Waals surface area contributed by atoms with Crippen LogP contribution in [0.5, 0.6) is 0 Å². The molecule has 1 rings (SSSR count). The summed E-state index contributed by atoms with van der Waals surface area (Å²) in [5.74, 6) is -0.397. The van der Waals surface area contributed by atoms with Crippen LogP contribution in [-0.2, 0) is 4.79 Å². The summed E-state index contributed by atoms with van der Waals surface area (Å²) in [5.41, 5.74) is 5.77. The summed E-state index contributed by atoms with van der Waals surface area (Å²) >= 11 is 9.04. The number of nitrogens with two attached hydrogens (primary N) is 1. The number of hydrogen-bond acceptors (Lipinski definition) is 2. The number of carbonyl (C=O) groups is 1. The van der Waals surface area contributed by atoms with E-state index in [0.29, 0.717) is 5.02 Å². The molecule has 1 aromatic carbocycles. The highest BCUT2D eigenvalue weighted by atomic mass is 79.9. The van der Waals surface area contributed by atoms with Crippen LogP contribution in [0.3, 0.4) is 0 Å². The van der Waals surface area contributed by atoms with Crippen molar-refractivity contribution in [2.75, 3.05) is 11.9 Å². The average Bonchev–Trinajstić information content (AvgIpc) is 2.07. The molecule has 0 aliphatic rings. The first-order chi connectivity index (χ1) is 6.09. The van der Waals surface area contributed by atoms with Crippen molar-refractivity contribution < 1.29 is 4.79 Å². The lowest BCUT2D eigenvalue weighted by Crippen LogP contribution is -2.21. The molecule has 0 aliphatic heterocycles. The van der Waals surface area contributed by atoms with Crippen LogP contribution in [-0.4, -0.2) is 12.5 Å². The van der Waals surface area contributed by atoms with Gasteiger partial charge in [0.25, 0.3) is 0 Å². The molecule has 1 aromatic rings. The summed E-state index contributed by atoms with van der Waals surface area (Å²) in [4.78, 5) is 10.4. The van der Waals surface area contributed by atoms with E-state index in [0.717, 1.165) is 10.2 Å². The minimum Gasteiger partial charge on any atom is -0.376 e. The van der Waals surface area contributed by atoms with E-state index in [9.17, 15) is 4.79 Å². The molecule has 0 heterocycles. The smallest absolute Gasteiger partial charge is 0.236 e. The average molecular weight is 264 g/mol. The second kappa shape index (κ2) is 4.48.